The highest BCUT2D eigenvalue weighted by Crippen LogP contribution is 2.28. The molecule has 2 rings (SSSR count). The number of amides is 1. The standard InChI is InChI=1S/C11H9ClN2O3/c1-5(15)13-10-9(11(16)17)7-3-2-6(12)4-8(7)14-10/h2-4,14H,1H3,(H,13,15)(H,16,17). The first-order valence-corrected chi connectivity index (χ1v) is 5.19. The molecule has 0 unspecified atom stereocenters. The van der Waals surface area contributed by atoms with Crippen LogP contribution in [0.25, 0.3) is 10.9 Å². The van der Waals surface area contributed by atoms with Crippen molar-refractivity contribution in [1.82, 2.24) is 4.98 Å². The van der Waals surface area contributed by atoms with Crippen LogP contribution in [-0.4, -0.2) is 22.0 Å². The van der Waals surface area contributed by atoms with Crippen molar-refractivity contribution in [2.24, 2.45) is 0 Å². The van der Waals surface area contributed by atoms with Gasteiger partial charge in [-0.05, 0) is 12.1 Å². The molecule has 3 N–H and O–H groups in total. The molecule has 1 aromatic heterocycles. The number of carboxylic acids is 1. The third-order valence-corrected chi connectivity index (χ3v) is 2.51. The number of aromatic amines is 1. The summed E-state index contributed by atoms with van der Waals surface area (Å²) in [6.45, 7) is 1.31. The fourth-order valence-corrected chi connectivity index (χ4v) is 1.83. The second-order valence-electron chi connectivity index (χ2n) is 3.55. The highest BCUT2D eigenvalue weighted by Gasteiger charge is 2.18. The molecule has 0 aliphatic rings. The lowest BCUT2D eigenvalue weighted by Crippen LogP contribution is -2.10. The van der Waals surface area contributed by atoms with E-state index in [-0.39, 0.29) is 17.3 Å². The molecular weight excluding hydrogens is 244 g/mol. The number of halogens is 1. The van der Waals surface area contributed by atoms with Gasteiger partial charge in [-0.15, -0.1) is 0 Å². The predicted octanol–water partition coefficient (Wildman–Crippen LogP) is 2.48. The molecule has 2 aromatic rings. The van der Waals surface area contributed by atoms with Crippen LogP contribution in [-0.2, 0) is 4.79 Å². The molecule has 5 nitrogen and oxygen atoms in total. The molecule has 0 aliphatic carbocycles. The Balaban J connectivity index is 2.70. The molecular formula is C11H9ClN2O3. The minimum Gasteiger partial charge on any atom is -0.478 e. The molecule has 6 heteroatoms. The van der Waals surface area contributed by atoms with Gasteiger partial charge in [0.2, 0.25) is 5.91 Å². The van der Waals surface area contributed by atoms with E-state index < -0.39 is 5.97 Å². The molecule has 1 heterocycles. The number of benzene rings is 1. The van der Waals surface area contributed by atoms with Gasteiger partial charge in [-0.2, -0.15) is 0 Å². The summed E-state index contributed by atoms with van der Waals surface area (Å²) in [5.41, 5.74) is 0.602. The summed E-state index contributed by atoms with van der Waals surface area (Å²) in [4.78, 5) is 25.0. The van der Waals surface area contributed by atoms with E-state index in [0.717, 1.165) is 0 Å². The third kappa shape index (κ3) is 2.09. The summed E-state index contributed by atoms with van der Waals surface area (Å²) >= 11 is 5.81. The average Bonchev–Trinajstić information content (AvgIpc) is 2.53. The van der Waals surface area contributed by atoms with Crippen LogP contribution in [0.1, 0.15) is 17.3 Å². The van der Waals surface area contributed by atoms with Gasteiger partial charge < -0.3 is 15.4 Å². The minimum atomic E-state index is -1.11. The number of rotatable bonds is 2. The Morgan fingerprint density at radius 2 is 2.12 bits per heavy atom. The molecule has 1 aromatic carbocycles. The van der Waals surface area contributed by atoms with Crippen LogP contribution < -0.4 is 5.32 Å². The molecule has 0 spiro atoms. The largest absolute Gasteiger partial charge is 0.478 e. The van der Waals surface area contributed by atoms with Gasteiger partial charge in [0.1, 0.15) is 11.4 Å². The van der Waals surface area contributed by atoms with Crippen LogP contribution >= 0.6 is 11.6 Å². The van der Waals surface area contributed by atoms with Gasteiger partial charge in [-0.3, -0.25) is 4.79 Å². The Bertz CT molecular complexity index is 618. The number of carbonyl (C=O) groups excluding carboxylic acids is 1. The van der Waals surface area contributed by atoms with Crippen LogP contribution in [0.15, 0.2) is 18.2 Å². The van der Waals surface area contributed by atoms with E-state index in [1.165, 1.54) is 6.92 Å². The number of nitrogens with one attached hydrogen (secondary N) is 2. The second kappa shape index (κ2) is 4.10. The Hall–Kier alpha value is -2.01. The molecule has 0 radical (unpaired) electrons. The first-order chi connectivity index (χ1) is 7.99. The number of carbonyl (C=O) groups is 2. The van der Waals surface area contributed by atoms with E-state index in [1.54, 1.807) is 18.2 Å². The van der Waals surface area contributed by atoms with Gasteiger partial charge in [-0.1, -0.05) is 17.7 Å². The van der Waals surface area contributed by atoms with Crippen molar-refractivity contribution in [3.8, 4) is 0 Å². The molecule has 0 fully saturated rings. The zero-order chi connectivity index (χ0) is 12.6. The van der Waals surface area contributed by atoms with Gasteiger partial charge >= 0.3 is 5.97 Å². The molecule has 0 saturated carbocycles. The van der Waals surface area contributed by atoms with Crippen molar-refractivity contribution in [1.29, 1.82) is 0 Å². The summed E-state index contributed by atoms with van der Waals surface area (Å²) in [7, 11) is 0. The highest BCUT2D eigenvalue weighted by molar-refractivity contribution is 6.31. The number of aromatic carboxylic acids is 1. The highest BCUT2D eigenvalue weighted by atomic mass is 35.5. The minimum absolute atomic E-state index is 0.0341. The molecule has 0 bridgehead atoms. The fourth-order valence-electron chi connectivity index (χ4n) is 1.66. The van der Waals surface area contributed by atoms with Crippen LogP contribution in [0.2, 0.25) is 5.02 Å². The Morgan fingerprint density at radius 1 is 1.41 bits per heavy atom. The van der Waals surface area contributed by atoms with Gasteiger partial charge in [0, 0.05) is 22.8 Å². The number of carboxylic acid groups (broad SMARTS) is 1. The average molecular weight is 253 g/mol. The maximum Gasteiger partial charge on any atom is 0.340 e. The Morgan fingerprint density at radius 3 is 2.71 bits per heavy atom. The van der Waals surface area contributed by atoms with Gasteiger partial charge in [0.05, 0.1) is 0 Å². The van der Waals surface area contributed by atoms with Crippen molar-refractivity contribution in [3.05, 3.63) is 28.8 Å². The molecule has 88 valence electrons. The van der Waals surface area contributed by atoms with Crippen molar-refractivity contribution in [2.75, 3.05) is 5.32 Å². The predicted molar refractivity (Wildman–Crippen MR) is 64.6 cm³/mol. The van der Waals surface area contributed by atoms with Crippen molar-refractivity contribution >= 4 is 40.2 Å². The maximum absolute atomic E-state index is 11.2. The smallest absolute Gasteiger partial charge is 0.340 e. The van der Waals surface area contributed by atoms with E-state index >= 15 is 0 Å². The van der Waals surface area contributed by atoms with E-state index in [1.807, 2.05) is 0 Å². The van der Waals surface area contributed by atoms with Gasteiger partial charge in [0.15, 0.2) is 0 Å². The molecule has 0 saturated heterocycles. The topological polar surface area (TPSA) is 82.2 Å². The summed E-state index contributed by atoms with van der Waals surface area (Å²) in [6.07, 6.45) is 0. The lowest BCUT2D eigenvalue weighted by Gasteiger charge is -1.99. The van der Waals surface area contributed by atoms with E-state index in [9.17, 15) is 9.59 Å². The summed E-state index contributed by atoms with van der Waals surface area (Å²) in [6, 6.07) is 4.80. The summed E-state index contributed by atoms with van der Waals surface area (Å²) in [5, 5.41) is 12.6. The van der Waals surface area contributed by atoms with Gasteiger partial charge in [0.25, 0.3) is 0 Å². The molecule has 17 heavy (non-hydrogen) atoms. The summed E-state index contributed by atoms with van der Waals surface area (Å²) in [5.74, 6) is -1.28. The molecule has 0 atom stereocenters. The van der Waals surface area contributed by atoms with E-state index in [0.29, 0.717) is 15.9 Å². The first kappa shape index (κ1) is 11.5. The number of aromatic nitrogens is 1. The lowest BCUT2D eigenvalue weighted by atomic mass is 10.1. The normalized spacial score (nSPS) is 10.5. The number of anilines is 1. The number of hydrogen-bond acceptors (Lipinski definition) is 2. The lowest BCUT2D eigenvalue weighted by molar-refractivity contribution is -0.114. The van der Waals surface area contributed by atoms with Gasteiger partial charge in [-0.25, -0.2) is 4.79 Å². The van der Waals surface area contributed by atoms with E-state index in [2.05, 4.69) is 10.3 Å². The number of hydrogen-bond donors (Lipinski definition) is 3. The third-order valence-electron chi connectivity index (χ3n) is 2.28. The van der Waals surface area contributed by atoms with Crippen molar-refractivity contribution < 1.29 is 14.7 Å². The Labute approximate surface area is 101 Å². The molecule has 1 amide bonds. The van der Waals surface area contributed by atoms with Crippen LogP contribution in [0.4, 0.5) is 5.82 Å². The van der Waals surface area contributed by atoms with E-state index in [4.69, 9.17) is 16.7 Å². The number of H-pyrrole nitrogens is 1. The Kier molecular flexibility index (Phi) is 2.77. The summed E-state index contributed by atoms with van der Waals surface area (Å²) < 4.78 is 0. The van der Waals surface area contributed by atoms with Crippen molar-refractivity contribution in [3.63, 3.8) is 0 Å². The van der Waals surface area contributed by atoms with Crippen LogP contribution in [0.5, 0.6) is 0 Å². The van der Waals surface area contributed by atoms with Crippen molar-refractivity contribution in [2.45, 2.75) is 6.92 Å². The van der Waals surface area contributed by atoms with Crippen LogP contribution in [0.3, 0.4) is 0 Å². The SMILES string of the molecule is CC(=O)Nc1[nH]c2cc(Cl)ccc2c1C(=O)O. The molecule has 0 aliphatic heterocycles. The first-order valence-electron chi connectivity index (χ1n) is 4.81. The monoisotopic (exact) mass is 252 g/mol. The quantitative estimate of drug-likeness (QED) is 0.768. The maximum atomic E-state index is 11.2. The number of fused-ring (bicyclic) bond motifs is 1. The zero-order valence-electron chi connectivity index (χ0n) is 8.87. The fraction of sp³-hybridized carbons (Fsp3) is 0.0909. The van der Waals surface area contributed by atoms with Crippen LogP contribution in [0, 0.1) is 0 Å². The second-order valence-corrected chi connectivity index (χ2v) is 3.99. The zero-order valence-corrected chi connectivity index (χ0v) is 9.63.